The molecule has 3 rings (SSSR count). The van der Waals surface area contributed by atoms with Gasteiger partial charge in [-0.3, -0.25) is 4.90 Å². The van der Waals surface area contributed by atoms with Crippen LogP contribution in [0.1, 0.15) is 0 Å². The largest absolute Gasteiger partial charge is 0.481 e. The van der Waals surface area contributed by atoms with Gasteiger partial charge in [0.25, 0.3) is 0 Å². The zero-order valence-corrected chi connectivity index (χ0v) is 16.8. The molecule has 0 atom stereocenters. The smallest absolute Gasteiger partial charge is 0.241 e. The molecular weight excluding hydrogens is 450 g/mol. The van der Waals surface area contributed by atoms with Gasteiger partial charge in [-0.15, -0.1) is 0 Å². The number of halogens is 2. The number of nitrogens with zero attached hydrogens (tertiary/aromatic N) is 3. The van der Waals surface area contributed by atoms with Crippen molar-refractivity contribution in [2.45, 2.75) is 0 Å². The van der Waals surface area contributed by atoms with Crippen molar-refractivity contribution in [1.82, 2.24) is 9.97 Å². The lowest BCUT2D eigenvalue weighted by atomic mass is 10.2. The Bertz CT molecular complexity index is 787. The van der Waals surface area contributed by atoms with Crippen molar-refractivity contribution in [3.05, 3.63) is 63.5 Å². The molecule has 2 aromatic carbocycles. The Morgan fingerprint density at radius 1 is 0.720 bits per heavy atom. The molecule has 25 heavy (non-hydrogen) atoms. The predicted octanol–water partition coefficient (Wildman–Crippen LogP) is 5.49. The third kappa shape index (κ3) is 4.11. The molecule has 7 heteroatoms. The van der Waals surface area contributed by atoms with E-state index in [-0.39, 0.29) is 0 Å². The van der Waals surface area contributed by atoms with Gasteiger partial charge in [-0.05, 0) is 48.5 Å². The summed E-state index contributed by atoms with van der Waals surface area (Å²) >= 11 is 6.93. The van der Waals surface area contributed by atoms with E-state index in [0.29, 0.717) is 17.7 Å². The van der Waals surface area contributed by atoms with Crippen molar-refractivity contribution in [1.29, 1.82) is 0 Å². The highest BCUT2D eigenvalue weighted by molar-refractivity contribution is 9.10. The average molecular weight is 465 g/mol. The Balaban J connectivity index is 2.17. The summed E-state index contributed by atoms with van der Waals surface area (Å²) in [5, 5.41) is 0. The summed E-state index contributed by atoms with van der Waals surface area (Å²) in [6.07, 6.45) is 0. The molecule has 0 saturated carbocycles. The number of hydrogen-bond acceptors (Lipinski definition) is 5. The van der Waals surface area contributed by atoms with E-state index in [2.05, 4.69) is 41.8 Å². The molecule has 5 nitrogen and oxygen atoms in total. The van der Waals surface area contributed by atoms with Gasteiger partial charge >= 0.3 is 0 Å². The maximum Gasteiger partial charge on any atom is 0.241 e. The van der Waals surface area contributed by atoms with Gasteiger partial charge in [0, 0.05) is 20.3 Å². The third-order valence-electron chi connectivity index (χ3n) is 3.46. The summed E-state index contributed by atoms with van der Waals surface area (Å²) in [6.45, 7) is 0. The Kier molecular flexibility index (Phi) is 5.55. The summed E-state index contributed by atoms with van der Waals surface area (Å²) in [4.78, 5) is 10.9. The SMILES string of the molecule is COc1cc(OC)nc(N(c2ccc(Br)cc2)c2ccc(Br)cc2)n1. The third-order valence-corrected chi connectivity index (χ3v) is 4.51. The standard InChI is InChI=1S/C18H15Br2N3O2/c1-24-16-11-17(25-2)22-18(21-16)23(14-7-3-12(19)4-8-14)15-9-5-13(20)6-10-15/h3-11H,1-2H3. The van der Waals surface area contributed by atoms with Crippen LogP contribution in [0, 0.1) is 0 Å². The van der Waals surface area contributed by atoms with E-state index < -0.39 is 0 Å². The molecule has 0 aliphatic rings. The van der Waals surface area contributed by atoms with Crippen LogP contribution in [0.2, 0.25) is 0 Å². The highest BCUT2D eigenvalue weighted by Gasteiger charge is 2.17. The first-order chi connectivity index (χ1) is 12.1. The molecule has 0 amide bonds. The molecule has 0 N–H and O–H groups in total. The van der Waals surface area contributed by atoms with Crippen molar-refractivity contribution in [2.75, 3.05) is 19.1 Å². The van der Waals surface area contributed by atoms with Crippen molar-refractivity contribution in [3.8, 4) is 11.8 Å². The highest BCUT2D eigenvalue weighted by atomic mass is 79.9. The lowest BCUT2D eigenvalue weighted by molar-refractivity contribution is 0.372. The quantitative estimate of drug-likeness (QED) is 0.499. The molecule has 1 aromatic heterocycles. The fourth-order valence-corrected chi connectivity index (χ4v) is 2.79. The molecule has 0 aliphatic heterocycles. The second kappa shape index (κ2) is 7.84. The zero-order chi connectivity index (χ0) is 17.8. The van der Waals surface area contributed by atoms with Crippen LogP contribution >= 0.6 is 31.9 Å². The number of ether oxygens (including phenoxy) is 2. The molecule has 0 aliphatic carbocycles. The maximum atomic E-state index is 5.28. The topological polar surface area (TPSA) is 47.5 Å². The second-order valence-corrected chi connectivity index (χ2v) is 6.87. The molecule has 0 unspecified atom stereocenters. The van der Waals surface area contributed by atoms with E-state index in [0.717, 1.165) is 20.3 Å². The number of methoxy groups -OCH3 is 2. The van der Waals surface area contributed by atoms with E-state index in [1.165, 1.54) is 0 Å². The van der Waals surface area contributed by atoms with E-state index in [4.69, 9.17) is 9.47 Å². The Morgan fingerprint density at radius 2 is 1.12 bits per heavy atom. The van der Waals surface area contributed by atoms with Crippen molar-refractivity contribution in [3.63, 3.8) is 0 Å². The van der Waals surface area contributed by atoms with Gasteiger partial charge in [0.15, 0.2) is 0 Å². The molecule has 0 saturated heterocycles. The van der Waals surface area contributed by atoms with Gasteiger partial charge in [-0.2, -0.15) is 9.97 Å². The number of rotatable bonds is 5. The average Bonchev–Trinajstić information content (AvgIpc) is 2.64. The number of anilines is 3. The van der Waals surface area contributed by atoms with Crippen LogP contribution in [-0.2, 0) is 0 Å². The Morgan fingerprint density at radius 3 is 1.48 bits per heavy atom. The van der Waals surface area contributed by atoms with Crippen LogP contribution in [0.15, 0.2) is 63.5 Å². The Labute approximate surface area is 162 Å². The first-order valence-electron chi connectivity index (χ1n) is 7.39. The van der Waals surface area contributed by atoms with Crippen LogP contribution in [0.5, 0.6) is 11.8 Å². The van der Waals surface area contributed by atoms with Gasteiger partial charge in [-0.25, -0.2) is 0 Å². The number of benzene rings is 2. The van der Waals surface area contributed by atoms with E-state index in [1.807, 2.05) is 53.4 Å². The summed E-state index contributed by atoms with van der Waals surface area (Å²) in [7, 11) is 3.13. The first-order valence-corrected chi connectivity index (χ1v) is 8.97. The molecule has 1 heterocycles. The Hall–Kier alpha value is -2.12. The first kappa shape index (κ1) is 17.7. The number of hydrogen-bond donors (Lipinski definition) is 0. The predicted molar refractivity (Wildman–Crippen MR) is 105 cm³/mol. The molecule has 0 spiro atoms. The van der Waals surface area contributed by atoms with E-state index >= 15 is 0 Å². The lowest BCUT2D eigenvalue weighted by Gasteiger charge is -2.23. The fourth-order valence-electron chi connectivity index (χ4n) is 2.26. The van der Waals surface area contributed by atoms with Gasteiger partial charge in [0.1, 0.15) is 0 Å². The van der Waals surface area contributed by atoms with E-state index in [1.54, 1.807) is 20.3 Å². The van der Waals surface area contributed by atoms with E-state index in [9.17, 15) is 0 Å². The fraction of sp³-hybridized carbons (Fsp3) is 0.111. The molecule has 128 valence electrons. The molecule has 3 aromatic rings. The highest BCUT2D eigenvalue weighted by Crippen LogP contribution is 2.35. The molecule has 0 fully saturated rings. The zero-order valence-electron chi connectivity index (χ0n) is 13.6. The maximum absolute atomic E-state index is 5.28. The van der Waals surface area contributed by atoms with Crippen molar-refractivity contribution in [2.24, 2.45) is 0 Å². The molecule has 0 bridgehead atoms. The van der Waals surface area contributed by atoms with Crippen LogP contribution in [0.4, 0.5) is 17.3 Å². The normalized spacial score (nSPS) is 10.4. The minimum atomic E-state index is 0.432. The van der Waals surface area contributed by atoms with Gasteiger partial charge < -0.3 is 9.47 Å². The molecular formula is C18H15Br2N3O2. The van der Waals surface area contributed by atoms with Gasteiger partial charge in [-0.1, -0.05) is 31.9 Å². The van der Waals surface area contributed by atoms with Gasteiger partial charge in [0.05, 0.1) is 20.3 Å². The lowest BCUT2D eigenvalue weighted by Crippen LogP contribution is -2.14. The molecule has 0 radical (unpaired) electrons. The van der Waals surface area contributed by atoms with Crippen molar-refractivity contribution >= 4 is 49.2 Å². The summed E-state index contributed by atoms with van der Waals surface area (Å²) in [5.74, 6) is 1.32. The summed E-state index contributed by atoms with van der Waals surface area (Å²) < 4.78 is 12.6. The summed E-state index contributed by atoms with van der Waals surface area (Å²) in [5.41, 5.74) is 1.83. The minimum absolute atomic E-state index is 0.432. The monoisotopic (exact) mass is 463 g/mol. The minimum Gasteiger partial charge on any atom is -0.481 e. The van der Waals surface area contributed by atoms with Crippen LogP contribution in [0.3, 0.4) is 0 Å². The van der Waals surface area contributed by atoms with Crippen LogP contribution in [0.25, 0.3) is 0 Å². The van der Waals surface area contributed by atoms with Crippen LogP contribution < -0.4 is 14.4 Å². The number of aromatic nitrogens is 2. The summed E-state index contributed by atoms with van der Waals surface area (Å²) in [6, 6.07) is 17.5. The van der Waals surface area contributed by atoms with Crippen LogP contribution in [-0.4, -0.2) is 24.2 Å². The van der Waals surface area contributed by atoms with Gasteiger partial charge in [0.2, 0.25) is 17.7 Å². The van der Waals surface area contributed by atoms with Crippen molar-refractivity contribution < 1.29 is 9.47 Å². The second-order valence-electron chi connectivity index (χ2n) is 5.04.